The normalized spacial score (nSPS) is 17.3. The zero-order valence-corrected chi connectivity index (χ0v) is 13.7. The quantitative estimate of drug-likeness (QED) is 0.860. The van der Waals surface area contributed by atoms with Crippen molar-refractivity contribution >= 4 is 5.91 Å². The Labute approximate surface area is 137 Å². The summed E-state index contributed by atoms with van der Waals surface area (Å²) in [6.07, 6.45) is 7.44. The van der Waals surface area contributed by atoms with Crippen LogP contribution < -0.4 is 4.74 Å². The zero-order valence-electron chi connectivity index (χ0n) is 13.7. The molecule has 1 amide bonds. The van der Waals surface area contributed by atoms with Crippen molar-refractivity contribution < 1.29 is 9.53 Å². The topological polar surface area (TPSA) is 66.2 Å². The molecule has 1 aliphatic carbocycles. The Bertz CT molecular complexity index is 643. The summed E-state index contributed by atoms with van der Waals surface area (Å²) >= 11 is 0. The number of pyridine rings is 1. The van der Waals surface area contributed by atoms with E-state index < -0.39 is 0 Å². The third-order valence-electron chi connectivity index (χ3n) is 4.84. The van der Waals surface area contributed by atoms with Crippen molar-refractivity contribution in [2.45, 2.75) is 51.9 Å². The van der Waals surface area contributed by atoms with Crippen LogP contribution in [0.25, 0.3) is 0 Å². The second kappa shape index (κ2) is 6.99. The summed E-state index contributed by atoms with van der Waals surface area (Å²) in [6.45, 7) is 3.55. The van der Waals surface area contributed by atoms with E-state index >= 15 is 0 Å². The summed E-state index contributed by atoms with van der Waals surface area (Å²) < 4.78 is 5.67. The molecule has 2 heterocycles. The van der Waals surface area contributed by atoms with E-state index in [1.165, 1.54) is 12.0 Å². The van der Waals surface area contributed by atoms with E-state index in [0.29, 0.717) is 11.4 Å². The lowest BCUT2D eigenvalue weighted by Crippen LogP contribution is -2.38. The molecule has 0 aromatic carbocycles. The van der Waals surface area contributed by atoms with Gasteiger partial charge < -0.3 is 9.64 Å². The molecule has 23 heavy (non-hydrogen) atoms. The van der Waals surface area contributed by atoms with Crippen LogP contribution in [0, 0.1) is 18.3 Å². The molecule has 1 aliphatic heterocycles. The molecule has 0 unspecified atom stereocenters. The Kier molecular flexibility index (Phi) is 4.80. The average Bonchev–Trinajstić information content (AvgIpc) is 2.60. The predicted octanol–water partition coefficient (Wildman–Crippen LogP) is 2.53. The minimum absolute atomic E-state index is 0.00855. The first-order valence-electron chi connectivity index (χ1n) is 8.53. The second-order valence-corrected chi connectivity index (χ2v) is 6.38. The molecular weight excluding hydrogens is 290 g/mol. The maximum atomic E-state index is 12.2. The van der Waals surface area contributed by atoms with E-state index in [9.17, 15) is 10.1 Å². The zero-order chi connectivity index (χ0) is 16.2. The standard InChI is InChI=1S/C18H23N3O2/c1-13-14-7-3-4-8-15(14)16(11-19)18(20-13)23-12-17(22)21-9-5-2-6-10-21/h2-10,12H2,1H3. The highest BCUT2D eigenvalue weighted by atomic mass is 16.5. The van der Waals surface area contributed by atoms with Crippen LogP contribution in [0.2, 0.25) is 0 Å². The molecule has 3 rings (SSSR count). The Morgan fingerprint density at radius 1 is 1.17 bits per heavy atom. The van der Waals surface area contributed by atoms with Gasteiger partial charge in [-0.1, -0.05) is 0 Å². The highest BCUT2D eigenvalue weighted by molar-refractivity contribution is 5.77. The van der Waals surface area contributed by atoms with Gasteiger partial charge in [-0.15, -0.1) is 0 Å². The molecule has 5 heteroatoms. The summed E-state index contributed by atoms with van der Waals surface area (Å²) in [4.78, 5) is 18.5. The Morgan fingerprint density at radius 2 is 1.87 bits per heavy atom. The SMILES string of the molecule is Cc1nc(OCC(=O)N2CCCCC2)c(C#N)c2c1CCCC2. The summed E-state index contributed by atoms with van der Waals surface area (Å²) in [5.41, 5.74) is 3.73. The van der Waals surface area contributed by atoms with Gasteiger partial charge in [0.1, 0.15) is 11.6 Å². The van der Waals surface area contributed by atoms with Gasteiger partial charge in [0.25, 0.3) is 5.91 Å². The number of ether oxygens (including phenoxy) is 1. The highest BCUT2D eigenvalue weighted by Gasteiger charge is 2.23. The van der Waals surface area contributed by atoms with Gasteiger partial charge >= 0.3 is 0 Å². The lowest BCUT2D eigenvalue weighted by molar-refractivity contribution is -0.134. The van der Waals surface area contributed by atoms with Gasteiger partial charge in [-0.3, -0.25) is 4.79 Å². The first-order valence-corrected chi connectivity index (χ1v) is 8.53. The van der Waals surface area contributed by atoms with Crippen molar-refractivity contribution in [3.8, 4) is 11.9 Å². The summed E-state index contributed by atoms with van der Waals surface area (Å²) in [5, 5.41) is 9.51. The highest BCUT2D eigenvalue weighted by Crippen LogP contribution is 2.31. The van der Waals surface area contributed by atoms with Crippen molar-refractivity contribution in [3.63, 3.8) is 0 Å². The number of fused-ring (bicyclic) bond motifs is 1. The Balaban J connectivity index is 1.76. The van der Waals surface area contributed by atoms with Crippen molar-refractivity contribution in [2.75, 3.05) is 19.7 Å². The van der Waals surface area contributed by atoms with Gasteiger partial charge in [-0.2, -0.15) is 5.26 Å². The largest absolute Gasteiger partial charge is 0.467 e. The Morgan fingerprint density at radius 3 is 2.57 bits per heavy atom. The van der Waals surface area contributed by atoms with Gasteiger partial charge in [-0.25, -0.2) is 4.98 Å². The van der Waals surface area contributed by atoms with Crippen molar-refractivity contribution in [1.29, 1.82) is 5.26 Å². The number of hydrogen-bond acceptors (Lipinski definition) is 4. The van der Waals surface area contributed by atoms with Crippen LogP contribution in [0.5, 0.6) is 5.88 Å². The molecule has 1 aromatic rings. The van der Waals surface area contributed by atoms with E-state index in [1.807, 2.05) is 11.8 Å². The molecule has 2 aliphatic rings. The average molecular weight is 313 g/mol. The molecule has 1 aromatic heterocycles. The minimum atomic E-state index is -0.0279. The van der Waals surface area contributed by atoms with Crippen LogP contribution in [0.4, 0.5) is 0 Å². The molecule has 0 spiro atoms. The molecule has 0 bridgehead atoms. The van der Waals surface area contributed by atoms with Crippen LogP contribution in [-0.2, 0) is 17.6 Å². The minimum Gasteiger partial charge on any atom is -0.467 e. The molecule has 1 saturated heterocycles. The second-order valence-electron chi connectivity index (χ2n) is 6.38. The number of aromatic nitrogens is 1. The molecule has 0 saturated carbocycles. The fourth-order valence-corrected chi connectivity index (χ4v) is 3.57. The van der Waals surface area contributed by atoms with E-state index in [4.69, 9.17) is 4.74 Å². The number of likely N-dealkylation sites (tertiary alicyclic amines) is 1. The maximum absolute atomic E-state index is 12.2. The number of rotatable bonds is 3. The molecule has 5 nitrogen and oxygen atoms in total. The van der Waals surface area contributed by atoms with Gasteiger partial charge in [0.2, 0.25) is 5.88 Å². The molecular formula is C18H23N3O2. The molecule has 1 fully saturated rings. The van der Waals surface area contributed by atoms with Crippen LogP contribution >= 0.6 is 0 Å². The first kappa shape index (κ1) is 15.8. The monoisotopic (exact) mass is 313 g/mol. The van der Waals surface area contributed by atoms with E-state index in [-0.39, 0.29) is 12.5 Å². The van der Waals surface area contributed by atoms with E-state index in [1.54, 1.807) is 0 Å². The lowest BCUT2D eigenvalue weighted by Gasteiger charge is -2.26. The van der Waals surface area contributed by atoms with Gasteiger partial charge in [0, 0.05) is 18.8 Å². The summed E-state index contributed by atoms with van der Waals surface area (Å²) in [5.74, 6) is 0.321. The molecule has 122 valence electrons. The predicted molar refractivity (Wildman–Crippen MR) is 86.3 cm³/mol. The number of aryl methyl sites for hydroxylation is 1. The number of piperidine rings is 1. The molecule has 0 N–H and O–H groups in total. The van der Waals surface area contributed by atoms with Gasteiger partial charge in [-0.05, 0) is 63.0 Å². The fourth-order valence-electron chi connectivity index (χ4n) is 3.57. The Hall–Kier alpha value is -2.09. The number of carbonyl (C=O) groups is 1. The number of nitrogens with zero attached hydrogens (tertiary/aromatic N) is 3. The maximum Gasteiger partial charge on any atom is 0.260 e. The van der Waals surface area contributed by atoms with Crippen LogP contribution in [-0.4, -0.2) is 35.5 Å². The summed E-state index contributed by atoms with van der Waals surface area (Å²) in [7, 11) is 0. The molecule has 0 atom stereocenters. The third-order valence-corrected chi connectivity index (χ3v) is 4.84. The number of amides is 1. The van der Waals surface area contributed by atoms with E-state index in [0.717, 1.165) is 62.9 Å². The van der Waals surface area contributed by atoms with Gasteiger partial charge in [0.05, 0.1) is 0 Å². The fraction of sp³-hybridized carbons (Fsp3) is 0.611. The number of hydrogen-bond donors (Lipinski definition) is 0. The van der Waals surface area contributed by atoms with Crippen molar-refractivity contribution in [3.05, 3.63) is 22.4 Å². The summed E-state index contributed by atoms with van der Waals surface area (Å²) in [6, 6.07) is 2.24. The van der Waals surface area contributed by atoms with Crippen LogP contribution in [0.15, 0.2) is 0 Å². The number of carbonyl (C=O) groups excluding carboxylic acids is 1. The van der Waals surface area contributed by atoms with E-state index in [2.05, 4.69) is 11.1 Å². The third kappa shape index (κ3) is 3.31. The molecule has 0 radical (unpaired) electrons. The smallest absolute Gasteiger partial charge is 0.260 e. The van der Waals surface area contributed by atoms with Crippen molar-refractivity contribution in [1.82, 2.24) is 9.88 Å². The lowest BCUT2D eigenvalue weighted by atomic mass is 9.88. The number of nitriles is 1. The first-order chi connectivity index (χ1) is 11.2. The van der Waals surface area contributed by atoms with Gasteiger partial charge in [0.15, 0.2) is 6.61 Å². The van der Waals surface area contributed by atoms with Crippen molar-refractivity contribution in [2.24, 2.45) is 0 Å². The van der Waals surface area contributed by atoms with Crippen LogP contribution in [0.1, 0.15) is 54.5 Å². The van der Waals surface area contributed by atoms with Crippen LogP contribution in [0.3, 0.4) is 0 Å².